The summed E-state index contributed by atoms with van der Waals surface area (Å²) in [5.74, 6) is 0. The van der Waals surface area contributed by atoms with Crippen LogP contribution in [0.15, 0.2) is 0 Å². The first-order valence-electron chi connectivity index (χ1n) is 7.22. The summed E-state index contributed by atoms with van der Waals surface area (Å²) in [6.45, 7) is 21.2. The van der Waals surface area contributed by atoms with Crippen LogP contribution in [-0.4, -0.2) is 37.1 Å². The van der Waals surface area contributed by atoms with E-state index in [4.69, 9.17) is 12.3 Å². The molecule has 1 heterocycles. The zero-order valence-corrected chi connectivity index (χ0v) is 17.7. The lowest BCUT2D eigenvalue weighted by atomic mass is 10.1. The molecule has 0 unspecified atom stereocenters. The van der Waals surface area contributed by atoms with Gasteiger partial charge in [0.25, 0.3) is 0 Å². The van der Waals surface area contributed by atoms with E-state index in [1.807, 2.05) is 0 Å². The van der Waals surface area contributed by atoms with E-state index in [-0.39, 0.29) is 11.1 Å². The molecule has 120 valence electrons. The maximum absolute atomic E-state index is 6.39. The standard InChI is InChI=1S/C12H32N2O3Si3/c1-11(2,3)13-20(14-12(4,5)6)16-18(7,8)15-19(9,10)17-20/h13-14H,1-10H3. The van der Waals surface area contributed by atoms with Gasteiger partial charge in [-0.1, -0.05) is 0 Å². The Bertz CT molecular complexity index is 320. The molecule has 1 aliphatic heterocycles. The highest BCUT2D eigenvalue weighted by Crippen LogP contribution is 2.30. The fourth-order valence-electron chi connectivity index (χ4n) is 2.47. The predicted octanol–water partition coefficient (Wildman–Crippen LogP) is 2.67. The summed E-state index contributed by atoms with van der Waals surface area (Å²) in [7, 11) is -7.10. The third-order valence-electron chi connectivity index (χ3n) is 2.35. The largest absolute Gasteiger partial charge is 0.499 e. The summed E-state index contributed by atoms with van der Waals surface area (Å²) in [6, 6.07) is 0. The van der Waals surface area contributed by atoms with Crippen LogP contribution in [0.5, 0.6) is 0 Å². The van der Waals surface area contributed by atoms with Gasteiger partial charge >= 0.3 is 26.0 Å². The first-order valence-corrected chi connectivity index (χ1v) is 14.7. The summed E-state index contributed by atoms with van der Waals surface area (Å²) in [6.07, 6.45) is 0. The van der Waals surface area contributed by atoms with Gasteiger partial charge in [-0.05, 0) is 67.7 Å². The number of rotatable bonds is 2. The summed E-state index contributed by atoms with van der Waals surface area (Å²) >= 11 is 0. The van der Waals surface area contributed by atoms with Crippen LogP contribution in [-0.2, 0) is 12.3 Å². The number of hydrogen-bond acceptors (Lipinski definition) is 5. The Morgan fingerprint density at radius 1 is 0.600 bits per heavy atom. The van der Waals surface area contributed by atoms with Crippen LogP contribution >= 0.6 is 0 Å². The van der Waals surface area contributed by atoms with Crippen LogP contribution < -0.4 is 9.96 Å². The smallest absolute Gasteiger partial charge is 0.416 e. The fraction of sp³-hybridized carbons (Fsp3) is 1.00. The molecule has 0 aromatic rings. The number of hydrogen-bond donors (Lipinski definition) is 2. The van der Waals surface area contributed by atoms with E-state index in [1.54, 1.807) is 0 Å². The van der Waals surface area contributed by atoms with Crippen molar-refractivity contribution in [2.75, 3.05) is 0 Å². The molecule has 0 aromatic heterocycles. The summed E-state index contributed by atoms with van der Waals surface area (Å²) < 4.78 is 18.9. The Balaban J connectivity index is 3.15. The molecule has 1 fully saturated rings. The Morgan fingerprint density at radius 2 is 0.900 bits per heavy atom. The van der Waals surface area contributed by atoms with Crippen molar-refractivity contribution in [3.8, 4) is 0 Å². The monoisotopic (exact) mass is 336 g/mol. The molecule has 0 aromatic carbocycles. The third kappa shape index (κ3) is 6.06. The molecule has 0 amide bonds. The van der Waals surface area contributed by atoms with Crippen molar-refractivity contribution < 1.29 is 12.3 Å². The normalized spacial score (nSPS) is 25.5. The molecule has 0 bridgehead atoms. The molecule has 0 saturated carbocycles. The molecule has 20 heavy (non-hydrogen) atoms. The van der Waals surface area contributed by atoms with Crippen LogP contribution in [0.4, 0.5) is 0 Å². The van der Waals surface area contributed by atoms with E-state index in [0.717, 1.165) is 0 Å². The molecule has 5 nitrogen and oxygen atoms in total. The third-order valence-corrected chi connectivity index (χ3v) is 14.7. The van der Waals surface area contributed by atoms with Gasteiger partial charge in [0.1, 0.15) is 0 Å². The van der Waals surface area contributed by atoms with E-state index in [0.29, 0.717) is 0 Å². The van der Waals surface area contributed by atoms with Gasteiger partial charge < -0.3 is 12.3 Å². The number of nitrogens with one attached hydrogen (secondary N) is 2. The van der Waals surface area contributed by atoms with Gasteiger partial charge in [0.05, 0.1) is 0 Å². The van der Waals surface area contributed by atoms with Gasteiger partial charge in [0.2, 0.25) is 0 Å². The second kappa shape index (κ2) is 5.27. The maximum Gasteiger partial charge on any atom is 0.499 e. The van der Waals surface area contributed by atoms with Crippen molar-refractivity contribution in [2.45, 2.75) is 78.8 Å². The quantitative estimate of drug-likeness (QED) is 0.759. The minimum atomic E-state index is -2.73. The van der Waals surface area contributed by atoms with Gasteiger partial charge in [0.15, 0.2) is 0 Å². The van der Waals surface area contributed by atoms with Crippen molar-refractivity contribution in [1.82, 2.24) is 9.96 Å². The maximum atomic E-state index is 6.39. The molecule has 0 atom stereocenters. The molecule has 0 aliphatic carbocycles. The minimum Gasteiger partial charge on any atom is -0.416 e. The van der Waals surface area contributed by atoms with Crippen molar-refractivity contribution in [3.63, 3.8) is 0 Å². The van der Waals surface area contributed by atoms with Crippen molar-refractivity contribution >= 4 is 26.0 Å². The highest BCUT2D eigenvalue weighted by atomic mass is 28.5. The van der Waals surface area contributed by atoms with Crippen LogP contribution in [0, 0.1) is 0 Å². The van der Waals surface area contributed by atoms with Crippen molar-refractivity contribution in [2.24, 2.45) is 0 Å². The van der Waals surface area contributed by atoms with Crippen LogP contribution in [0.2, 0.25) is 26.2 Å². The topological polar surface area (TPSA) is 51.8 Å². The summed E-state index contributed by atoms with van der Waals surface area (Å²) in [5.41, 5.74) is -0.173. The lowest BCUT2D eigenvalue weighted by molar-refractivity contribution is 0.185. The molecule has 1 rings (SSSR count). The van der Waals surface area contributed by atoms with E-state index in [1.165, 1.54) is 0 Å². The molecule has 8 heteroatoms. The van der Waals surface area contributed by atoms with E-state index in [9.17, 15) is 0 Å². The first-order chi connectivity index (χ1) is 8.54. The molecular weight excluding hydrogens is 304 g/mol. The predicted molar refractivity (Wildman–Crippen MR) is 89.8 cm³/mol. The average molecular weight is 337 g/mol. The lowest BCUT2D eigenvalue weighted by Crippen LogP contribution is -2.82. The van der Waals surface area contributed by atoms with Gasteiger partial charge in [-0.3, -0.25) is 9.96 Å². The minimum absolute atomic E-state index is 0.0865. The lowest BCUT2D eigenvalue weighted by Gasteiger charge is -2.52. The van der Waals surface area contributed by atoms with Gasteiger partial charge in [-0.2, -0.15) is 0 Å². The molecule has 0 spiro atoms. The van der Waals surface area contributed by atoms with Gasteiger partial charge in [0, 0.05) is 11.1 Å². The average Bonchev–Trinajstić information content (AvgIpc) is 1.83. The van der Waals surface area contributed by atoms with Crippen LogP contribution in [0.25, 0.3) is 0 Å². The second-order valence-corrected chi connectivity index (χ2v) is 18.3. The molecule has 1 saturated heterocycles. The Hall–Kier alpha value is 0.451. The second-order valence-electron chi connectivity index (χ2n) is 8.47. The van der Waals surface area contributed by atoms with Crippen molar-refractivity contribution in [1.29, 1.82) is 0 Å². The molecule has 0 radical (unpaired) electrons. The molecule has 1 aliphatic rings. The Kier molecular flexibility index (Phi) is 4.87. The van der Waals surface area contributed by atoms with Crippen molar-refractivity contribution in [3.05, 3.63) is 0 Å². The van der Waals surface area contributed by atoms with E-state index < -0.39 is 26.0 Å². The SMILES string of the molecule is CC(C)(C)N[Si]1(NC(C)(C)C)O[Si](C)(C)O[Si](C)(C)O1. The Morgan fingerprint density at radius 3 is 1.15 bits per heavy atom. The fourth-order valence-corrected chi connectivity index (χ4v) is 17.2. The zero-order chi connectivity index (χ0) is 16.0. The zero-order valence-electron chi connectivity index (χ0n) is 14.7. The van der Waals surface area contributed by atoms with E-state index >= 15 is 0 Å². The molecule has 2 N–H and O–H groups in total. The summed E-state index contributed by atoms with van der Waals surface area (Å²) in [4.78, 5) is 7.22. The Labute approximate surface area is 127 Å². The van der Waals surface area contributed by atoms with Crippen LogP contribution in [0.1, 0.15) is 41.5 Å². The first kappa shape index (κ1) is 18.5. The highest BCUT2D eigenvalue weighted by Gasteiger charge is 2.59. The van der Waals surface area contributed by atoms with Crippen LogP contribution in [0.3, 0.4) is 0 Å². The molecular formula is C12H32N2O3Si3. The highest BCUT2D eigenvalue weighted by molar-refractivity contribution is 6.91. The van der Waals surface area contributed by atoms with E-state index in [2.05, 4.69) is 77.7 Å². The van der Waals surface area contributed by atoms with Gasteiger partial charge in [-0.15, -0.1) is 0 Å². The van der Waals surface area contributed by atoms with Gasteiger partial charge in [-0.25, -0.2) is 0 Å². The summed E-state index contributed by atoms with van der Waals surface area (Å²) in [5, 5.41) is 0.